The van der Waals surface area contributed by atoms with Crippen LogP contribution in [0.25, 0.3) is 11.1 Å². The second kappa shape index (κ2) is 9.57. The van der Waals surface area contributed by atoms with Gasteiger partial charge in [-0.05, 0) is 47.0 Å². The molecule has 0 saturated carbocycles. The molecule has 4 aromatic carbocycles. The molecule has 32 heavy (non-hydrogen) atoms. The summed E-state index contributed by atoms with van der Waals surface area (Å²) in [7, 11) is 0. The highest BCUT2D eigenvalue weighted by Gasteiger charge is 2.14. The van der Waals surface area contributed by atoms with Crippen molar-refractivity contribution >= 4 is 11.7 Å². The van der Waals surface area contributed by atoms with Gasteiger partial charge in [0.2, 0.25) is 0 Å². The Morgan fingerprint density at radius 3 is 2.00 bits per heavy atom. The van der Waals surface area contributed by atoms with Gasteiger partial charge in [0.05, 0.1) is 10.5 Å². The van der Waals surface area contributed by atoms with Crippen molar-refractivity contribution in [1.29, 1.82) is 0 Å². The van der Waals surface area contributed by atoms with E-state index in [4.69, 9.17) is 9.47 Å². The van der Waals surface area contributed by atoms with Gasteiger partial charge < -0.3 is 9.47 Å². The second-order valence-electron chi connectivity index (χ2n) is 6.98. The van der Waals surface area contributed by atoms with Crippen LogP contribution in [-0.4, -0.2) is 10.9 Å². The smallest absolute Gasteiger partial charge is 0.339 e. The number of hydrogen-bond acceptors (Lipinski definition) is 5. The van der Waals surface area contributed by atoms with Crippen molar-refractivity contribution in [2.45, 2.75) is 6.61 Å². The van der Waals surface area contributed by atoms with E-state index in [0.717, 1.165) is 16.7 Å². The molecule has 0 aromatic heterocycles. The quantitative estimate of drug-likeness (QED) is 0.194. The Labute approximate surface area is 184 Å². The van der Waals surface area contributed by atoms with Crippen molar-refractivity contribution in [2.24, 2.45) is 0 Å². The first-order valence-corrected chi connectivity index (χ1v) is 9.93. The highest BCUT2D eigenvalue weighted by atomic mass is 16.6. The van der Waals surface area contributed by atoms with Gasteiger partial charge in [-0.3, -0.25) is 10.1 Å². The van der Waals surface area contributed by atoms with Crippen LogP contribution in [0.1, 0.15) is 15.9 Å². The molecule has 0 aliphatic heterocycles. The number of rotatable bonds is 7. The lowest BCUT2D eigenvalue weighted by Gasteiger charge is -2.10. The lowest BCUT2D eigenvalue weighted by molar-refractivity contribution is -0.384. The van der Waals surface area contributed by atoms with E-state index in [2.05, 4.69) is 0 Å². The molecule has 0 unspecified atom stereocenters. The monoisotopic (exact) mass is 425 g/mol. The third-order valence-corrected chi connectivity index (χ3v) is 4.81. The van der Waals surface area contributed by atoms with Crippen molar-refractivity contribution in [3.8, 4) is 22.6 Å². The Hall–Kier alpha value is -4.45. The van der Waals surface area contributed by atoms with Gasteiger partial charge in [0.1, 0.15) is 18.1 Å². The molecule has 158 valence electrons. The van der Waals surface area contributed by atoms with Crippen LogP contribution < -0.4 is 4.74 Å². The Kier molecular flexibility index (Phi) is 6.22. The highest BCUT2D eigenvalue weighted by molar-refractivity contribution is 5.97. The maximum Gasteiger partial charge on any atom is 0.339 e. The molecule has 0 bridgehead atoms. The van der Waals surface area contributed by atoms with Crippen LogP contribution in [-0.2, 0) is 11.3 Å². The molecule has 0 saturated heterocycles. The lowest BCUT2D eigenvalue weighted by atomic mass is 10.00. The maximum atomic E-state index is 12.7. The number of nitro groups is 1. The second-order valence-corrected chi connectivity index (χ2v) is 6.98. The van der Waals surface area contributed by atoms with Crippen molar-refractivity contribution in [1.82, 2.24) is 0 Å². The Bertz CT molecular complexity index is 1220. The largest absolute Gasteiger partial charge is 0.457 e. The molecule has 6 nitrogen and oxygen atoms in total. The number of carbonyl (C=O) groups is 1. The number of benzene rings is 4. The maximum absolute atomic E-state index is 12.7. The zero-order valence-electron chi connectivity index (χ0n) is 17.0. The Morgan fingerprint density at radius 1 is 0.750 bits per heavy atom. The zero-order valence-corrected chi connectivity index (χ0v) is 17.0. The minimum absolute atomic E-state index is 0.00310. The van der Waals surface area contributed by atoms with Gasteiger partial charge in [-0.25, -0.2) is 4.79 Å². The van der Waals surface area contributed by atoms with Gasteiger partial charge in [-0.1, -0.05) is 60.7 Å². The van der Waals surface area contributed by atoms with E-state index in [-0.39, 0.29) is 12.3 Å². The molecule has 0 amide bonds. The summed E-state index contributed by atoms with van der Waals surface area (Å²) in [6.07, 6.45) is 0. The van der Waals surface area contributed by atoms with Gasteiger partial charge in [0.15, 0.2) is 0 Å². The van der Waals surface area contributed by atoms with Gasteiger partial charge in [-0.15, -0.1) is 0 Å². The van der Waals surface area contributed by atoms with Crippen molar-refractivity contribution in [3.05, 3.63) is 124 Å². The van der Waals surface area contributed by atoms with Gasteiger partial charge in [0, 0.05) is 12.1 Å². The predicted octanol–water partition coefficient (Wildman–Crippen LogP) is 6.41. The summed E-state index contributed by atoms with van der Waals surface area (Å²) in [5.41, 5.74) is 3.10. The van der Waals surface area contributed by atoms with Crippen LogP contribution in [0.2, 0.25) is 0 Å². The topological polar surface area (TPSA) is 78.7 Å². The van der Waals surface area contributed by atoms with Crippen LogP contribution in [0.3, 0.4) is 0 Å². The fourth-order valence-electron chi connectivity index (χ4n) is 3.18. The normalized spacial score (nSPS) is 10.4. The third-order valence-electron chi connectivity index (χ3n) is 4.81. The molecule has 0 aliphatic carbocycles. The molecule has 4 rings (SSSR count). The van der Waals surface area contributed by atoms with E-state index >= 15 is 0 Å². The van der Waals surface area contributed by atoms with E-state index in [9.17, 15) is 14.9 Å². The molecule has 4 aromatic rings. The van der Waals surface area contributed by atoms with Crippen LogP contribution in [0.4, 0.5) is 5.69 Å². The molecule has 0 atom stereocenters. The van der Waals surface area contributed by atoms with Crippen molar-refractivity contribution < 1.29 is 19.2 Å². The van der Waals surface area contributed by atoms with E-state index in [1.807, 2.05) is 48.5 Å². The zero-order chi connectivity index (χ0) is 22.3. The molecular formula is C26H19NO5. The van der Waals surface area contributed by atoms with E-state index in [0.29, 0.717) is 17.1 Å². The molecule has 0 fully saturated rings. The average Bonchev–Trinajstić information content (AvgIpc) is 2.84. The summed E-state index contributed by atoms with van der Waals surface area (Å²) < 4.78 is 11.2. The molecule has 0 N–H and O–H groups in total. The van der Waals surface area contributed by atoms with Gasteiger partial charge >= 0.3 is 5.97 Å². The van der Waals surface area contributed by atoms with E-state index in [1.54, 1.807) is 30.3 Å². The first-order chi connectivity index (χ1) is 15.6. The van der Waals surface area contributed by atoms with Crippen LogP contribution >= 0.6 is 0 Å². The lowest BCUT2D eigenvalue weighted by Crippen LogP contribution is -2.07. The number of esters is 1. The van der Waals surface area contributed by atoms with E-state index < -0.39 is 10.9 Å². The fraction of sp³-hybridized carbons (Fsp3) is 0.0385. The molecule has 0 heterocycles. The summed E-state index contributed by atoms with van der Waals surface area (Å²) in [5.74, 6) is 0.673. The number of nitrogens with zero attached hydrogens (tertiary/aromatic N) is 1. The summed E-state index contributed by atoms with van der Waals surface area (Å²) in [6, 6.07) is 30.0. The van der Waals surface area contributed by atoms with Crippen LogP contribution in [0.5, 0.6) is 11.5 Å². The fourth-order valence-corrected chi connectivity index (χ4v) is 3.18. The third kappa shape index (κ3) is 4.99. The number of ether oxygens (including phenoxy) is 2. The first kappa shape index (κ1) is 20.8. The summed E-state index contributed by atoms with van der Waals surface area (Å²) in [5, 5.41) is 10.7. The number of hydrogen-bond donors (Lipinski definition) is 0. The highest BCUT2D eigenvalue weighted by Crippen LogP contribution is 2.26. The van der Waals surface area contributed by atoms with Gasteiger partial charge in [-0.2, -0.15) is 0 Å². The predicted molar refractivity (Wildman–Crippen MR) is 121 cm³/mol. The standard InChI is InChI=1S/C26H19NO5/c28-26(25-9-5-4-8-24(25)20-6-2-1-3-7-20)31-18-19-10-14-22(15-11-19)32-23-16-12-21(13-17-23)27(29)30/h1-17H,18H2. The minimum atomic E-state index is -0.460. The minimum Gasteiger partial charge on any atom is -0.457 e. The summed E-state index contributed by atoms with van der Waals surface area (Å²) in [6.45, 7) is 0.125. The summed E-state index contributed by atoms with van der Waals surface area (Å²) >= 11 is 0. The van der Waals surface area contributed by atoms with Crippen LogP contribution in [0, 0.1) is 10.1 Å². The Morgan fingerprint density at radius 2 is 1.34 bits per heavy atom. The molecule has 0 radical (unpaired) electrons. The number of carbonyl (C=O) groups excluding carboxylic acids is 1. The van der Waals surface area contributed by atoms with Crippen LogP contribution in [0.15, 0.2) is 103 Å². The SMILES string of the molecule is O=C(OCc1ccc(Oc2ccc([N+](=O)[O-])cc2)cc1)c1ccccc1-c1ccccc1. The molecule has 0 aliphatic rings. The molecular weight excluding hydrogens is 406 g/mol. The average molecular weight is 425 g/mol. The van der Waals surface area contributed by atoms with Gasteiger partial charge in [0.25, 0.3) is 5.69 Å². The van der Waals surface area contributed by atoms with Crippen molar-refractivity contribution in [2.75, 3.05) is 0 Å². The molecule has 6 heteroatoms. The number of non-ortho nitro benzene ring substituents is 1. The van der Waals surface area contributed by atoms with Crippen molar-refractivity contribution in [3.63, 3.8) is 0 Å². The summed E-state index contributed by atoms with van der Waals surface area (Å²) in [4.78, 5) is 23.0. The number of nitro benzene ring substituents is 1. The van der Waals surface area contributed by atoms with E-state index in [1.165, 1.54) is 24.3 Å². The Balaban J connectivity index is 1.39. The first-order valence-electron chi connectivity index (χ1n) is 9.93. The molecule has 0 spiro atoms.